The zero-order valence-electron chi connectivity index (χ0n) is 6.87. The molecule has 4 nitrogen and oxygen atoms in total. The molecule has 0 fully saturated rings. The minimum atomic E-state index is -0.539. The van der Waals surface area contributed by atoms with Gasteiger partial charge >= 0.3 is 0 Å². The highest BCUT2D eigenvalue weighted by Gasteiger charge is 2.10. The average molecular weight is 202 g/mol. The zero-order chi connectivity index (χ0) is 9.84. The Hall–Kier alpha value is -1.26. The van der Waals surface area contributed by atoms with Gasteiger partial charge in [0, 0.05) is 5.02 Å². The van der Waals surface area contributed by atoms with Crippen molar-refractivity contribution in [2.24, 2.45) is 0 Å². The maximum Gasteiger partial charge on any atom is 0.278 e. The molecular weight excluding hydrogens is 194 g/mol. The van der Waals surface area contributed by atoms with Gasteiger partial charge in [0.1, 0.15) is 5.75 Å². The summed E-state index contributed by atoms with van der Waals surface area (Å²) in [7, 11) is 1.31. The van der Waals surface area contributed by atoms with Crippen molar-refractivity contribution in [1.82, 2.24) is 5.48 Å². The molecule has 0 radical (unpaired) electrons. The first-order valence-electron chi connectivity index (χ1n) is 3.47. The number of nitrogens with one attached hydrogen (secondary N) is 1. The lowest BCUT2D eigenvalue weighted by Gasteiger charge is -2.04. The molecule has 0 atom stereocenters. The van der Waals surface area contributed by atoms with Crippen molar-refractivity contribution in [2.45, 2.75) is 0 Å². The highest BCUT2D eigenvalue weighted by molar-refractivity contribution is 6.31. The molecule has 13 heavy (non-hydrogen) atoms. The number of phenolic OH excluding ortho intramolecular Hbond substituents is 1. The topological polar surface area (TPSA) is 58.6 Å². The third kappa shape index (κ3) is 2.34. The molecule has 0 spiro atoms. The molecule has 1 amide bonds. The standard InChI is InChI=1S/C8H8ClNO3/c1-13-10-8(12)6-4-5(9)2-3-7(6)11/h2-4,11H,1H3,(H,10,12). The van der Waals surface area contributed by atoms with E-state index in [1.54, 1.807) is 0 Å². The Balaban J connectivity index is 2.99. The van der Waals surface area contributed by atoms with Crippen LogP contribution in [0.25, 0.3) is 0 Å². The van der Waals surface area contributed by atoms with Crippen LogP contribution in [0.15, 0.2) is 18.2 Å². The molecule has 2 N–H and O–H groups in total. The number of hydrogen-bond donors (Lipinski definition) is 2. The van der Waals surface area contributed by atoms with Crippen LogP contribution in [0, 0.1) is 0 Å². The van der Waals surface area contributed by atoms with E-state index in [0.29, 0.717) is 5.02 Å². The first kappa shape index (κ1) is 9.83. The zero-order valence-corrected chi connectivity index (χ0v) is 7.63. The fraction of sp³-hybridized carbons (Fsp3) is 0.125. The molecule has 0 bridgehead atoms. The van der Waals surface area contributed by atoms with Crippen molar-refractivity contribution in [3.8, 4) is 5.75 Å². The highest BCUT2D eigenvalue weighted by Crippen LogP contribution is 2.20. The van der Waals surface area contributed by atoms with E-state index >= 15 is 0 Å². The fourth-order valence-corrected chi connectivity index (χ4v) is 1.01. The van der Waals surface area contributed by atoms with Crippen LogP contribution >= 0.6 is 11.6 Å². The third-order valence-corrected chi connectivity index (χ3v) is 1.63. The second-order valence-electron chi connectivity index (χ2n) is 2.30. The van der Waals surface area contributed by atoms with Gasteiger partial charge in [0.15, 0.2) is 0 Å². The number of benzene rings is 1. The Kier molecular flexibility index (Phi) is 3.11. The highest BCUT2D eigenvalue weighted by atomic mass is 35.5. The van der Waals surface area contributed by atoms with Crippen molar-refractivity contribution < 1.29 is 14.7 Å². The van der Waals surface area contributed by atoms with Crippen molar-refractivity contribution in [1.29, 1.82) is 0 Å². The Morgan fingerprint density at radius 1 is 1.62 bits per heavy atom. The van der Waals surface area contributed by atoms with E-state index in [1.165, 1.54) is 25.3 Å². The smallest absolute Gasteiger partial charge is 0.278 e. The first-order valence-corrected chi connectivity index (χ1v) is 3.85. The summed E-state index contributed by atoms with van der Waals surface area (Å²) >= 11 is 5.63. The van der Waals surface area contributed by atoms with Crippen LogP contribution in [0.3, 0.4) is 0 Å². The molecule has 0 aromatic heterocycles. The number of carbonyl (C=O) groups excluding carboxylic acids is 1. The van der Waals surface area contributed by atoms with Gasteiger partial charge in [-0.1, -0.05) is 11.6 Å². The summed E-state index contributed by atoms with van der Waals surface area (Å²) in [6.45, 7) is 0. The van der Waals surface area contributed by atoms with Crippen LogP contribution in [0.2, 0.25) is 5.02 Å². The van der Waals surface area contributed by atoms with Crippen LogP contribution in [-0.2, 0) is 4.84 Å². The summed E-state index contributed by atoms with van der Waals surface area (Å²) in [6, 6.07) is 4.18. The van der Waals surface area contributed by atoms with E-state index in [-0.39, 0.29) is 11.3 Å². The molecule has 1 aromatic rings. The van der Waals surface area contributed by atoms with Gasteiger partial charge in [0.25, 0.3) is 5.91 Å². The van der Waals surface area contributed by atoms with Crippen molar-refractivity contribution in [2.75, 3.05) is 7.11 Å². The van der Waals surface area contributed by atoms with Crippen LogP contribution < -0.4 is 5.48 Å². The summed E-state index contributed by atoms with van der Waals surface area (Å²) in [5.74, 6) is -0.679. The molecule has 0 heterocycles. The predicted molar refractivity (Wildman–Crippen MR) is 47.6 cm³/mol. The minimum Gasteiger partial charge on any atom is -0.507 e. The maximum absolute atomic E-state index is 11.2. The predicted octanol–water partition coefficient (Wildman–Crippen LogP) is 1.34. The molecule has 1 rings (SSSR count). The Morgan fingerprint density at radius 3 is 2.92 bits per heavy atom. The van der Waals surface area contributed by atoms with E-state index < -0.39 is 5.91 Å². The Labute approximate surface area is 80.0 Å². The van der Waals surface area contributed by atoms with Crippen molar-refractivity contribution in [3.05, 3.63) is 28.8 Å². The lowest BCUT2D eigenvalue weighted by molar-refractivity contribution is 0.0535. The van der Waals surface area contributed by atoms with Crippen LogP contribution in [-0.4, -0.2) is 18.1 Å². The fourth-order valence-electron chi connectivity index (χ4n) is 0.838. The van der Waals surface area contributed by atoms with E-state index in [1.807, 2.05) is 0 Å². The quantitative estimate of drug-likeness (QED) is 0.710. The van der Waals surface area contributed by atoms with Crippen LogP contribution in [0.1, 0.15) is 10.4 Å². The minimum absolute atomic E-state index is 0.0781. The molecular formula is C8H8ClNO3. The first-order chi connectivity index (χ1) is 6.15. The van der Waals surface area contributed by atoms with Gasteiger partial charge in [-0.3, -0.25) is 9.63 Å². The second-order valence-corrected chi connectivity index (χ2v) is 2.73. The number of carbonyl (C=O) groups is 1. The van der Waals surface area contributed by atoms with Gasteiger partial charge in [-0.05, 0) is 18.2 Å². The molecule has 70 valence electrons. The number of hydrogen-bond acceptors (Lipinski definition) is 3. The summed E-state index contributed by atoms with van der Waals surface area (Å²) in [5, 5.41) is 9.63. The monoisotopic (exact) mass is 201 g/mol. The number of aromatic hydroxyl groups is 1. The average Bonchev–Trinajstić information content (AvgIpc) is 2.09. The number of rotatable bonds is 2. The molecule has 1 aromatic carbocycles. The molecule has 0 saturated carbocycles. The maximum atomic E-state index is 11.2. The van der Waals surface area contributed by atoms with Crippen molar-refractivity contribution >= 4 is 17.5 Å². The number of halogens is 1. The largest absolute Gasteiger partial charge is 0.507 e. The molecule has 0 aliphatic heterocycles. The van der Waals surface area contributed by atoms with Crippen LogP contribution in [0.4, 0.5) is 0 Å². The van der Waals surface area contributed by atoms with Crippen LogP contribution in [0.5, 0.6) is 5.75 Å². The summed E-state index contributed by atoms with van der Waals surface area (Å²) in [4.78, 5) is 15.6. The molecule has 0 unspecified atom stereocenters. The SMILES string of the molecule is CONC(=O)c1cc(Cl)ccc1O. The van der Waals surface area contributed by atoms with E-state index in [9.17, 15) is 9.90 Å². The van der Waals surface area contributed by atoms with E-state index in [2.05, 4.69) is 10.3 Å². The van der Waals surface area contributed by atoms with Gasteiger partial charge in [-0.15, -0.1) is 0 Å². The number of hydroxylamine groups is 1. The molecule has 0 aliphatic carbocycles. The normalized spacial score (nSPS) is 9.69. The van der Waals surface area contributed by atoms with Gasteiger partial charge in [-0.2, -0.15) is 0 Å². The Morgan fingerprint density at radius 2 is 2.31 bits per heavy atom. The second kappa shape index (κ2) is 4.11. The summed E-state index contributed by atoms with van der Waals surface area (Å²) in [5.41, 5.74) is 2.15. The lowest BCUT2D eigenvalue weighted by Crippen LogP contribution is -2.21. The molecule has 5 heteroatoms. The molecule has 0 saturated heterocycles. The third-order valence-electron chi connectivity index (χ3n) is 1.40. The lowest BCUT2D eigenvalue weighted by atomic mass is 10.2. The van der Waals surface area contributed by atoms with Gasteiger partial charge < -0.3 is 5.11 Å². The van der Waals surface area contributed by atoms with Gasteiger partial charge in [0.05, 0.1) is 12.7 Å². The number of amides is 1. The van der Waals surface area contributed by atoms with E-state index in [0.717, 1.165) is 0 Å². The van der Waals surface area contributed by atoms with Gasteiger partial charge in [0.2, 0.25) is 0 Å². The summed E-state index contributed by atoms with van der Waals surface area (Å²) in [6.07, 6.45) is 0. The van der Waals surface area contributed by atoms with E-state index in [4.69, 9.17) is 11.6 Å². The molecule has 0 aliphatic rings. The van der Waals surface area contributed by atoms with Gasteiger partial charge in [-0.25, -0.2) is 5.48 Å². The Bertz CT molecular complexity index is 327. The summed E-state index contributed by atoms with van der Waals surface area (Å²) < 4.78 is 0. The van der Waals surface area contributed by atoms with Crippen molar-refractivity contribution in [3.63, 3.8) is 0 Å². The number of phenols is 1.